The first kappa shape index (κ1) is 21.4. The van der Waals surface area contributed by atoms with E-state index in [2.05, 4.69) is 82.8 Å². The van der Waals surface area contributed by atoms with Crippen molar-refractivity contribution < 1.29 is 4.79 Å². The van der Waals surface area contributed by atoms with E-state index in [0.29, 0.717) is 5.92 Å². The molecule has 2 fully saturated rings. The number of fused-ring (bicyclic) bond motifs is 3. The first-order valence-electron chi connectivity index (χ1n) is 12.2. The summed E-state index contributed by atoms with van der Waals surface area (Å²) < 4.78 is 0. The summed E-state index contributed by atoms with van der Waals surface area (Å²) in [6.07, 6.45) is 6.79. The Kier molecular flexibility index (Phi) is 5.58. The number of carbonyl (C=O) groups is 1. The molecule has 4 nitrogen and oxygen atoms in total. The fourth-order valence-electron chi connectivity index (χ4n) is 5.47. The van der Waals surface area contributed by atoms with Crippen LogP contribution in [0.5, 0.6) is 0 Å². The number of aromatic nitrogens is 1. The van der Waals surface area contributed by atoms with Gasteiger partial charge in [-0.15, -0.1) is 0 Å². The predicted octanol–water partition coefficient (Wildman–Crippen LogP) is 7.21. The lowest BCUT2D eigenvalue weighted by molar-refractivity contribution is -0.129. The average Bonchev–Trinajstić information content (AvgIpc) is 3.37. The number of rotatable bonds is 4. The fraction of sp³-hybridized carbons (Fsp3) is 0.276. The third kappa shape index (κ3) is 3.88. The average molecular weight is 468 g/mol. The van der Waals surface area contributed by atoms with Gasteiger partial charge in [0.15, 0.2) is 5.50 Å². The predicted molar refractivity (Wildman–Crippen MR) is 143 cm³/mol. The van der Waals surface area contributed by atoms with Gasteiger partial charge in [0, 0.05) is 33.5 Å². The lowest BCUT2D eigenvalue weighted by atomic mass is 9.85. The molecule has 1 aliphatic heterocycles. The number of benzene rings is 3. The van der Waals surface area contributed by atoms with Crippen LogP contribution >= 0.6 is 11.8 Å². The maximum Gasteiger partial charge on any atom is 0.262 e. The molecule has 3 aromatic carbocycles. The van der Waals surface area contributed by atoms with Gasteiger partial charge in [0.05, 0.1) is 4.91 Å². The minimum absolute atomic E-state index is 0.0940. The third-order valence-electron chi connectivity index (χ3n) is 7.25. The standard InChI is InChI=1S/C29H29N3OS/c1-19-9-5-8-14-26(19)32-28(33)27(34-29(32)30-21-10-3-2-4-11-21)18-20-15-16-25-23(17-20)22-12-6-7-13-24(22)31-25/h2-4,6-7,10-13,15-19,26,29-31H,5,8-9,14H2,1H3/b27-18-/t19-,26+,29?/m1/s1. The summed E-state index contributed by atoms with van der Waals surface area (Å²) in [7, 11) is 0. The molecule has 1 saturated heterocycles. The molecule has 0 radical (unpaired) electrons. The zero-order chi connectivity index (χ0) is 23.1. The highest BCUT2D eigenvalue weighted by Crippen LogP contribution is 2.42. The highest BCUT2D eigenvalue weighted by atomic mass is 32.2. The van der Waals surface area contributed by atoms with Crippen molar-refractivity contribution in [3.63, 3.8) is 0 Å². The molecule has 0 spiro atoms. The number of anilines is 1. The summed E-state index contributed by atoms with van der Waals surface area (Å²) in [5.74, 6) is 0.663. The summed E-state index contributed by atoms with van der Waals surface area (Å²) in [5.41, 5.74) is 4.27. The van der Waals surface area contributed by atoms with Gasteiger partial charge in [-0.05, 0) is 60.7 Å². The number of hydrogen-bond acceptors (Lipinski definition) is 3. The van der Waals surface area contributed by atoms with Gasteiger partial charge in [0.1, 0.15) is 0 Å². The molecule has 4 aromatic rings. The second kappa shape index (κ2) is 8.88. The van der Waals surface area contributed by atoms with Crippen molar-refractivity contribution in [1.29, 1.82) is 0 Å². The van der Waals surface area contributed by atoms with Crippen LogP contribution in [0.15, 0.2) is 77.7 Å². The van der Waals surface area contributed by atoms with Crippen molar-refractivity contribution in [2.24, 2.45) is 5.92 Å². The van der Waals surface area contributed by atoms with Gasteiger partial charge in [0.25, 0.3) is 5.91 Å². The normalized spacial score (nSPS) is 24.4. The van der Waals surface area contributed by atoms with Crippen LogP contribution in [0.1, 0.15) is 38.2 Å². The molecule has 2 heterocycles. The Morgan fingerprint density at radius 1 is 0.941 bits per heavy atom. The van der Waals surface area contributed by atoms with E-state index in [1.165, 1.54) is 30.0 Å². The Bertz CT molecular complexity index is 1380. The number of nitrogens with one attached hydrogen (secondary N) is 2. The molecular formula is C29H29N3OS. The van der Waals surface area contributed by atoms with Crippen LogP contribution in [0.4, 0.5) is 5.69 Å². The first-order chi connectivity index (χ1) is 16.7. The number of H-pyrrole nitrogens is 1. The maximum atomic E-state index is 13.8. The lowest BCUT2D eigenvalue weighted by Crippen LogP contribution is -2.48. The van der Waals surface area contributed by atoms with Crippen molar-refractivity contribution in [2.75, 3.05) is 5.32 Å². The number of carbonyl (C=O) groups excluding carboxylic acids is 1. The number of para-hydroxylation sites is 2. The van der Waals surface area contributed by atoms with Gasteiger partial charge >= 0.3 is 0 Å². The summed E-state index contributed by atoms with van der Waals surface area (Å²) in [6, 6.07) is 25.3. The number of amides is 1. The van der Waals surface area contributed by atoms with Gasteiger partial charge in [-0.25, -0.2) is 0 Å². The van der Waals surface area contributed by atoms with Gasteiger partial charge in [-0.1, -0.05) is 74.0 Å². The zero-order valence-corrected chi connectivity index (χ0v) is 20.1. The van der Waals surface area contributed by atoms with Crippen LogP contribution in [0.25, 0.3) is 27.9 Å². The Labute approximate surface area is 204 Å². The van der Waals surface area contributed by atoms with Gasteiger partial charge < -0.3 is 15.2 Å². The number of thioether (sulfide) groups is 1. The molecule has 1 saturated carbocycles. The molecule has 1 aromatic heterocycles. The lowest BCUT2D eigenvalue weighted by Gasteiger charge is -2.39. The Morgan fingerprint density at radius 2 is 1.71 bits per heavy atom. The second-order valence-electron chi connectivity index (χ2n) is 9.51. The van der Waals surface area contributed by atoms with E-state index in [1.54, 1.807) is 11.8 Å². The number of hydrogen-bond donors (Lipinski definition) is 2. The molecule has 2 aliphatic rings. The SMILES string of the molecule is C[C@@H]1CCCC[C@@H]1N1C(=O)/C(=C/c2ccc3[nH]c4ccccc4c3c2)SC1Nc1ccccc1. The minimum Gasteiger partial charge on any atom is -0.356 e. The van der Waals surface area contributed by atoms with Crippen LogP contribution in [-0.2, 0) is 4.79 Å². The van der Waals surface area contributed by atoms with Crippen LogP contribution < -0.4 is 5.32 Å². The monoisotopic (exact) mass is 467 g/mol. The third-order valence-corrected chi connectivity index (χ3v) is 8.37. The molecule has 6 rings (SSSR count). The molecule has 2 N–H and O–H groups in total. The molecule has 34 heavy (non-hydrogen) atoms. The van der Waals surface area contributed by atoms with Gasteiger partial charge in [0.2, 0.25) is 0 Å². The molecule has 3 atom stereocenters. The Morgan fingerprint density at radius 3 is 2.56 bits per heavy atom. The van der Waals surface area contributed by atoms with Gasteiger partial charge in [-0.3, -0.25) is 4.79 Å². The first-order valence-corrected chi connectivity index (χ1v) is 13.1. The van der Waals surface area contributed by atoms with Crippen LogP contribution in [0.2, 0.25) is 0 Å². The summed E-state index contributed by atoms with van der Waals surface area (Å²) in [6.45, 7) is 2.30. The van der Waals surface area contributed by atoms with E-state index in [4.69, 9.17) is 0 Å². The van der Waals surface area contributed by atoms with Crippen molar-refractivity contribution in [3.8, 4) is 0 Å². The fourth-order valence-corrected chi connectivity index (χ4v) is 6.69. The van der Waals surface area contributed by atoms with Crippen molar-refractivity contribution in [1.82, 2.24) is 9.88 Å². The Hall–Kier alpha value is -3.18. The molecule has 1 amide bonds. The molecule has 1 aliphatic carbocycles. The van der Waals surface area contributed by atoms with E-state index in [0.717, 1.165) is 33.6 Å². The molecular weight excluding hydrogens is 438 g/mol. The molecule has 0 bridgehead atoms. The van der Waals surface area contributed by atoms with Crippen molar-refractivity contribution in [3.05, 3.63) is 83.3 Å². The quantitative estimate of drug-likeness (QED) is 0.312. The summed E-state index contributed by atoms with van der Waals surface area (Å²) >= 11 is 1.64. The van der Waals surface area contributed by atoms with E-state index in [9.17, 15) is 4.79 Å². The van der Waals surface area contributed by atoms with E-state index < -0.39 is 0 Å². The van der Waals surface area contributed by atoms with E-state index in [-0.39, 0.29) is 17.4 Å². The Balaban J connectivity index is 1.36. The summed E-state index contributed by atoms with van der Waals surface area (Å²) in [4.78, 5) is 20.2. The van der Waals surface area contributed by atoms with E-state index in [1.807, 2.05) is 18.2 Å². The minimum atomic E-state index is -0.0940. The highest BCUT2D eigenvalue weighted by Gasteiger charge is 2.42. The van der Waals surface area contributed by atoms with Crippen LogP contribution in [-0.4, -0.2) is 27.3 Å². The topological polar surface area (TPSA) is 48.1 Å². The van der Waals surface area contributed by atoms with Crippen LogP contribution in [0, 0.1) is 5.92 Å². The zero-order valence-electron chi connectivity index (χ0n) is 19.3. The molecule has 172 valence electrons. The van der Waals surface area contributed by atoms with Crippen molar-refractivity contribution >= 4 is 51.2 Å². The number of nitrogens with zero attached hydrogens (tertiary/aromatic N) is 1. The molecule has 5 heteroatoms. The van der Waals surface area contributed by atoms with Crippen LogP contribution in [0.3, 0.4) is 0 Å². The smallest absolute Gasteiger partial charge is 0.262 e. The largest absolute Gasteiger partial charge is 0.356 e. The highest BCUT2D eigenvalue weighted by molar-refractivity contribution is 8.05. The maximum absolute atomic E-state index is 13.8. The van der Waals surface area contributed by atoms with Gasteiger partial charge in [-0.2, -0.15) is 0 Å². The number of aromatic amines is 1. The summed E-state index contributed by atoms with van der Waals surface area (Å²) in [5, 5.41) is 6.03. The van der Waals surface area contributed by atoms with E-state index >= 15 is 0 Å². The van der Waals surface area contributed by atoms with Crippen molar-refractivity contribution in [2.45, 2.75) is 44.1 Å². The second-order valence-corrected chi connectivity index (χ2v) is 10.6. The molecule has 1 unspecified atom stereocenters.